The molecule has 0 aliphatic rings. The Kier molecular flexibility index (Phi) is 3.15. The fourth-order valence-corrected chi connectivity index (χ4v) is 2.99. The summed E-state index contributed by atoms with van der Waals surface area (Å²) >= 11 is 0. The largest absolute Gasteiger partial charge is 0.361 e. The Bertz CT molecular complexity index is 1010. The molecule has 0 unspecified atom stereocenters. The molecule has 1 amide bonds. The van der Waals surface area contributed by atoms with Crippen molar-refractivity contribution in [2.24, 2.45) is 0 Å². The number of para-hydroxylation sites is 1. The van der Waals surface area contributed by atoms with Crippen molar-refractivity contribution >= 4 is 33.4 Å². The number of fused-ring (bicyclic) bond motifs is 2. The van der Waals surface area contributed by atoms with Gasteiger partial charge in [-0.3, -0.25) is 4.79 Å². The molecule has 0 atom stereocenters. The maximum atomic E-state index is 12.4. The average Bonchev–Trinajstić information content (AvgIpc) is 3.12. The summed E-state index contributed by atoms with van der Waals surface area (Å²) in [6.07, 6.45) is 2.26. The van der Waals surface area contributed by atoms with Crippen LogP contribution in [0.15, 0.2) is 54.7 Å². The van der Waals surface area contributed by atoms with Gasteiger partial charge in [0, 0.05) is 22.8 Å². The third-order valence-corrected chi connectivity index (χ3v) is 4.05. The van der Waals surface area contributed by atoms with Crippen LogP contribution >= 0.6 is 0 Å². The Labute approximate surface area is 133 Å². The van der Waals surface area contributed by atoms with Crippen molar-refractivity contribution < 1.29 is 4.79 Å². The number of benzene rings is 2. The number of nitrogens with one attached hydrogen (secondary N) is 3. The molecule has 0 aliphatic carbocycles. The van der Waals surface area contributed by atoms with Gasteiger partial charge >= 0.3 is 0 Å². The number of carbonyl (C=O) groups is 1. The lowest BCUT2D eigenvalue weighted by Gasteiger charge is -2.07. The lowest BCUT2D eigenvalue weighted by Crippen LogP contribution is -2.14. The highest BCUT2D eigenvalue weighted by Crippen LogP contribution is 2.23. The van der Waals surface area contributed by atoms with Crippen LogP contribution in [0.25, 0.3) is 21.8 Å². The van der Waals surface area contributed by atoms with Crippen molar-refractivity contribution in [1.82, 2.24) is 9.97 Å². The third-order valence-electron chi connectivity index (χ3n) is 4.05. The van der Waals surface area contributed by atoms with Gasteiger partial charge < -0.3 is 15.3 Å². The first-order valence-electron chi connectivity index (χ1n) is 7.63. The zero-order chi connectivity index (χ0) is 15.8. The molecule has 2 heterocycles. The van der Waals surface area contributed by atoms with E-state index in [1.54, 1.807) is 0 Å². The van der Waals surface area contributed by atoms with Gasteiger partial charge in [-0.25, -0.2) is 0 Å². The highest BCUT2D eigenvalue weighted by molar-refractivity contribution is 6.01. The molecule has 0 fully saturated rings. The smallest absolute Gasteiger partial charge is 0.228 e. The van der Waals surface area contributed by atoms with Crippen molar-refractivity contribution in [2.45, 2.75) is 13.3 Å². The molecule has 0 saturated heterocycles. The summed E-state index contributed by atoms with van der Waals surface area (Å²) in [4.78, 5) is 18.8. The summed E-state index contributed by atoms with van der Waals surface area (Å²) in [6.45, 7) is 2.01. The monoisotopic (exact) mass is 303 g/mol. The number of aromatic nitrogens is 2. The Morgan fingerprint density at radius 3 is 2.91 bits per heavy atom. The van der Waals surface area contributed by atoms with Crippen LogP contribution in [0.2, 0.25) is 0 Å². The second kappa shape index (κ2) is 5.32. The molecule has 4 aromatic rings. The number of aryl methyl sites for hydroxylation is 1. The Morgan fingerprint density at radius 2 is 2.00 bits per heavy atom. The molecule has 4 rings (SSSR count). The molecule has 114 valence electrons. The molecule has 0 saturated carbocycles. The van der Waals surface area contributed by atoms with Crippen LogP contribution in [0.3, 0.4) is 0 Å². The predicted molar refractivity (Wildman–Crippen MR) is 93.7 cm³/mol. The molecule has 4 nitrogen and oxygen atoms in total. The molecule has 0 spiro atoms. The van der Waals surface area contributed by atoms with E-state index in [1.807, 2.05) is 55.6 Å². The van der Waals surface area contributed by atoms with E-state index in [4.69, 9.17) is 0 Å². The van der Waals surface area contributed by atoms with Crippen LogP contribution in [-0.2, 0) is 11.2 Å². The van der Waals surface area contributed by atoms with Crippen LogP contribution < -0.4 is 5.32 Å². The number of anilines is 1. The summed E-state index contributed by atoms with van der Waals surface area (Å²) in [5.74, 6) is -0.0179. The van der Waals surface area contributed by atoms with Crippen molar-refractivity contribution in [1.29, 1.82) is 0 Å². The summed E-state index contributed by atoms with van der Waals surface area (Å²) in [5.41, 5.74) is 4.92. The first kappa shape index (κ1) is 13.6. The van der Waals surface area contributed by atoms with Gasteiger partial charge in [0.1, 0.15) is 0 Å². The average molecular weight is 303 g/mol. The zero-order valence-electron chi connectivity index (χ0n) is 12.8. The fraction of sp³-hybridized carbons (Fsp3) is 0.105. The van der Waals surface area contributed by atoms with Crippen molar-refractivity contribution in [3.8, 4) is 0 Å². The lowest BCUT2D eigenvalue weighted by molar-refractivity contribution is -0.115. The molecule has 0 bridgehead atoms. The second-order valence-electron chi connectivity index (χ2n) is 5.85. The molecule has 2 aromatic carbocycles. The summed E-state index contributed by atoms with van der Waals surface area (Å²) in [5, 5.41) is 5.27. The molecular weight excluding hydrogens is 286 g/mol. The normalized spacial score (nSPS) is 11.2. The number of amides is 1. The van der Waals surface area contributed by atoms with E-state index in [0.717, 1.165) is 38.8 Å². The molecule has 4 heteroatoms. The van der Waals surface area contributed by atoms with Crippen LogP contribution in [0.5, 0.6) is 0 Å². The number of H-pyrrole nitrogens is 2. The Morgan fingerprint density at radius 1 is 1.09 bits per heavy atom. The van der Waals surface area contributed by atoms with Crippen LogP contribution in [0.4, 0.5) is 5.69 Å². The number of hydrogen-bond acceptors (Lipinski definition) is 1. The Balaban J connectivity index is 1.56. The fourth-order valence-electron chi connectivity index (χ4n) is 2.99. The van der Waals surface area contributed by atoms with Crippen molar-refractivity contribution in [3.63, 3.8) is 0 Å². The maximum Gasteiger partial charge on any atom is 0.228 e. The van der Waals surface area contributed by atoms with Gasteiger partial charge in [-0.1, -0.05) is 24.3 Å². The van der Waals surface area contributed by atoms with E-state index < -0.39 is 0 Å². The minimum atomic E-state index is -0.0179. The van der Waals surface area contributed by atoms with Gasteiger partial charge in [0.15, 0.2) is 0 Å². The number of carbonyl (C=O) groups excluding carboxylic acids is 1. The van der Waals surface area contributed by atoms with E-state index in [-0.39, 0.29) is 5.91 Å². The van der Waals surface area contributed by atoms with E-state index in [1.165, 1.54) is 0 Å². The topological polar surface area (TPSA) is 60.7 Å². The van der Waals surface area contributed by atoms with Gasteiger partial charge in [0.25, 0.3) is 0 Å². The van der Waals surface area contributed by atoms with Crippen molar-refractivity contribution in [3.05, 3.63) is 66.0 Å². The highest BCUT2D eigenvalue weighted by Gasteiger charge is 2.09. The molecule has 0 aliphatic heterocycles. The first-order chi connectivity index (χ1) is 11.2. The molecule has 3 N–H and O–H groups in total. The molecule has 23 heavy (non-hydrogen) atoms. The number of hydrogen-bond donors (Lipinski definition) is 3. The van der Waals surface area contributed by atoms with E-state index in [9.17, 15) is 4.79 Å². The molecule has 2 aromatic heterocycles. The SMILES string of the molecule is Cc1cc2cccc(NC(=O)Cc3ccc4cc[nH]c4c3)c2[nH]1. The molecular formula is C19H17N3O. The van der Waals surface area contributed by atoms with Gasteiger partial charge in [-0.2, -0.15) is 0 Å². The van der Waals surface area contributed by atoms with E-state index in [0.29, 0.717) is 6.42 Å². The first-order valence-corrected chi connectivity index (χ1v) is 7.63. The minimum absolute atomic E-state index is 0.0179. The van der Waals surface area contributed by atoms with Gasteiger partial charge in [0.05, 0.1) is 17.6 Å². The predicted octanol–water partition coefficient (Wildman–Crippen LogP) is 4.14. The van der Waals surface area contributed by atoms with Gasteiger partial charge in [-0.15, -0.1) is 0 Å². The van der Waals surface area contributed by atoms with Crippen molar-refractivity contribution in [2.75, 3.05) is 5.32 Å². The maximum absolute atomic E-state index is 12.4. The quantitative estimate of drug-likeness (QED) is 0.523. The lowest BCUT2D eigenvalue weighted by atomic mass is 10.1. The van der Waals surface area contributed by atoms with Gasteiger partial charge in [0.2, 0.25) is 5.91 Å². The van der Waals surface area contributed by atoms with E-state index in [2.05, 4.69) is 21.4 Å². The van der Waals surface area contributed by atoms with Crippen LogP contribution in [0, 0.1) is 6.92 Å². The summed E-state index contributed by atoms with van der Waals surface area (Å²) < 4.78 is 0. The molecule has 0 radical (unpaired) electrons. The second-order valence-corrected chi connectivity index (χ2v) is 5.85. The van der Waals surface area contributed by atoms with Gasteiger partial charge in [-0.05, 0) is 42.1 Å². The summed E-state index contributed by atoms with van der Waals surface area (Å²) in [7, 11) is 0. The Hall–Kier alpha value is -3.01. The number of aromatic amines is 2. The summed E-state index contributed by atoms with van der Waals surface area (Å²) in [6, 6.07) is 16.1. The minimum Gasteiger partial charge on any atom is -0.361 e. The van der Waals surface area contributed by atoms with E-state index >= 15 is 0 Å². The van der Waals surface area contributed by atoms with Crippen LogP contribution in [0.1, 0.15) is 11.3 Å². The standard InChI is InChI=1S/C19H17N3O/c1-12-9-15-3-2-4-16(19(15)21-12)22-18(23)11-13-5-6-14-7-8-20-17(14)10-13/h2-10,20-21H,11H2,1H3,(H,22,23). The number of rotatable bonds is 3. The zero-order valence-corrected chi connectivity index (χ0v) is 12.8. The highest BCUT2D eigenvalue weighted by atomic mass is 16.1. The third kappa shape index (κ3) is 2.59. The van der Waals surface area contributed by atoms with Crippen LogP contribution in [-0.4, -0.2) is 15.9 Å².